The average molecular weight is 404 g/mol. The molecule has 0 radical (unpaired) electrons. The topological polar surface area (TPSA) is 88.3 Å². The Balaban J connectivity index is 1.41. The lowest BCUT2D eigenvalue weighted by atomic mass is 10.2. The van der Waals surface area contributed by atoms with Crippen molar-refractivity contribution in [2.24, 2.45) is 0 Å². The van der Waals surface area contributed by atoms with E-state index in [2.05, 4.69) is 9.68 Å². The lowest BCUT2D eigenvalue weighted by molar-refractivity contribution is -0.130. The van der Waals surface area contributed by atoms with Gasteiger partial charge in [-0.15, -0.1) is 0 Å². The molecule has 10 heteroatoms. The van der Waals surface area contributed by atoms with E-state index < -0.39 is 18.0 Å². The maximum atomic E-state index is 14.8. The first-order valence-corrected chi connectivity index (χ1v) is 9.38. The number of benzene rings is 1. The second-order valence-corrected chi connectivity index (χ2v) is 6.80. The van der Waals surface area contributed by atoms with Crippen LogP contribution in [-0.4, -0.2) is 67.5 Å². The summed E-state index contributed by atoms with van der Waals surface area (Å²) in [7, 11) is 0. The minimum absolute atomic E-state index is 0.0275. The summed E-state index contributed by atoms with van der Waals surface area (Å²) in [6, 6.07) is 6.07. The first kappa shape index (κ1) is 19.0. The largest absolute Gasteiger partial charge is 0.471 e. The van der Waals surface area contributed by atoms with Crippen LogP contribution in [0.2, 0.25) is 0 Å². The number of rotatable bonds is 6. The van der Waals surface area contributed by atoms with Crippen molar-refractivity contribution >= 4 is 23.4 Å². The number of carbonyl (C=O) groups excluding carboxylic acids is 2. The highest BCUT2D eigenvalue weighted by Gasteiger charge is 2.34. The highest BCUT2D eigenvalue weighted by atomic mass is 19.1. The molecule has 154 valence electrons. The standard InChI is InChI=1S/C19H21FN4O5/c1-2-22-6-7-23(11-18(22)25)16-4-3-13(9-15(16)20)24-10-14(29-19(24)26)12-27-17-5-8-28-21-17/h3-5,8-9,14H,2,6-7,10-12H2,1H3. The first-order chi connectivity index (χ1) is 14.0. The number of carbonyl (C=O) groups is 2. The molecule has 1 aromatic heterocycles. The molecule has 1 unspecified atom stereocenters. The van der Waals surface area contributed by atoms with E-state index in [1.807, 2.05) is 6.92 Å². The summed E-state index contributed by atoms with van der Waals surface area (Å²) in [6.07, 6.45) is 0.293. The molecular formula is C19H21FN4O5. The molecule has 3 heterocycles. The van der Waals surface area contributed by atoms with Gasteiger partial charge in [0.1, 0.15) is 18.7 Å². The number of aromatic nitrogens is 1. The molecular weight excluding hydrogens is 383 g/mol. The molecule has 29 heavy (non-hydrogen) atoms. The van der Waals surface area contributed by atoms with Crippen LogP contribution in [0.4, 0.5) is 20.6 Å². The second-order valence-electron chi connectivity index (χ2n) is 6.80. The Morgan fingerprint density at radius 2 is 2.14 bits per heavy atom. The van der Waals surface area contributed by atoms with E-state index in [0.717, 1.165) is 0 Å². The normalized spacial score (nSPS) is 19.7. The van der Waals surface area contributed by atoms with Crippen molar-refractivity contribution in [3.63, 3.8) is 0 Å². The monoisotopic (exact) mass is 404 g/mol. The van der Waals surface area contributed by atoms with E-state index in [0.29, 0.717) is 36.9 Å². The molecule has 0 N–H and O–H groups in total. The number of amides is 2. The zero-order chi connectivity index (χ0) is 20.4. The molecule has 0 aliphatic carbocycles. The molecule has 0 saturated carbocycles. The van der Waals surface area contributed by atoms with E-state index in [-0.39, 0.29) is 25.6 Å². The van der Waals surface area contributed by atoms with E-state index in [1.54, 1.807) is 28.0 Å². The molecule has 0 spiro atoms. The fourth-order valence-corrected chi connectivity index (χ4v) is 3.44. The zero-order valence-electron chi connectivity index (χ0n) is 15.9. The van der Waals surface area contributed by atoms with Crippen molar-refractivity contribution < 1.29 is 28.0 Å². The van der Waals surface area contributed by atoms with E-state index >= 15 is 0 Å². The van der Waals surface area contributed by atoms with Gasteiger partial charge in [0.25, 0.3) is 5.88 Å². The number of likely N-dealkylation sites (N-methyl/N-ethyl adjacent to an activating group) is 1. The molecule has 4 rings (SSSR count). The Hall–Kier alpha value is -3.30. The highest BCUT2D eigenvalue weighted by Crippen LogP contribution is 2.28. The number of hydrogen-bond donors (Lipinski definition) is 0. The molecule has 2 aromatic rings. The molecule has 0 bridgehead atoms. The van der Waals surface area contributed by atoms with Gasteiger partial charge >= 0.3 is 6.09 Å². The smallest absolute Gasteiger partial charge is 0.414 e. The molecule has 2 fully saturated rings. The van der Waals surface area contributed by atoms with Crippen LogP contribution >= 0.6 is 0 Å². The maximum absolute atomic E-state index is 14.8. The van der Waals surface area contributed by atoms with Gasteiger partial charge < -0.3 is 23.8 Å². The van der Waals surface area contributed by atoms with Crippen molar-refractivity contribution in [1.82, 2.24) is 10.1 Å². The van der Waals surface area contributed by atoms with Crippen LogP contribution in [0.1, 0.15) is 6.92 Å². The predicted octanol–water partition coefficient (Wildman–Crippen LogP) is 1.89. The number of anilines is 2. The molecule has 2 aliphatic rings. The van der Waals surface area contributed by atoms with Crippen molar-refractivity contribution in [1.29, 1.82) is 0 Å². The van der Waals surface area contributed by atoms with E-state index in [1.165, 1.54) is 17.2 Å². The van der Waals surface area contributed by atoms with Gasteiger partial charge in [-0.3, -0.25) is 9.69 Å². The van der Waals surface area contributed by atoms with Crippen LogP contribution in [0.15, 0.2) is 35.1 Å². The van der Waals surface area contributed by atoms with Gasteiger partial charge in [-0.1, -0.05) is 0 Å². The van der Waals surface area contributed by atoms with Gasteiger partial charge in [0, 0.05) is 25.7 Å². The van der Waals surface area contributed by atoms with Gasteiger partial charge in [0.2, 0.25) is 5.91 Å². The Bertz CT molecular complexity index is 891. The quantitative estimate of drug-likeness (QED) is 0.726. The maximum Gasteiger partial charge on any atom is 0.414 e. The summed E-state index contributed by atoms with van der Waals surface area (Å²) in [5.74, 6) is -0.219. The Morgan fingerprint density at radius 3 is 2.83 bits per heavy atom. The van der Waals surface area contributed by atoms with Gasteiger partial charge in [0.15, 0.2) is 6.10 Å². The predicted molar refractivity (Wildman–Crippen MR) is 100 cm³/mol. The number of hydrogen-bond acceptors (Lipinski definition) is 7. The first-order valence-electron chi connectivity index (χ1n) is 9.38. The molecule has 2 aliphatic heterocycles. The summed E-state index contributed by atoms with van der Waals surface area (Å²) < 4.78 is 30.1. The molecule has 2 saturated heterocycles. The summed E-state index contributed by atoms with van der Waals surface area (Å²) in [4.78, 5) is 29.1. The van der Waals surface area contributed by atoms with Gasteiger partial charge in [-0.2, -0.15) is 0 Å². The Morgan fingerprint density at radius 1 is 1.28 bits per heavy atom. The number of piperazine rings is 1. The summed E-state index contributed by atoms with van der Waals surface area (Å²) >= 11 is 0. The van der Waals surface area contributed by atoms with Gasteiger partial charge in [-0.25, -0.2) is 9.18 Å². The fraction of sp³-hybridized carbons (Fsp3) is 0.421. The second kappa shape index (κ2) is 7.98. The number of nitrogens with zero attached hydrogens (tertiary/aromatic N) is 4. The van der Waals surface area contributed by atoms with Crippen LogP contribution in [0.3, 0.4) is 0 Å². The highest BCUT2D eigenvalue weighted by molar-refractivity contribution is 5.90. The SMILES string of the molecule is CCN1CCN(c2ccc(N3CC(COc4ccon4)OC3=O)cc2F)CC1=O. The molecule has 9 nitrogen and oxygen atoms in total. The van der Waals surface area contributed by atoms with Crippen molar-refractivity contribution in [2.75, 3.05) is 49.1 Å². The van der Waals surface area contributed by atoms with Gasteiger partial charge in [0.05, 0.1) is 24.5 Å². The van der Waals surface area contributed by atoms with Crippen molar-refractivity contribution in [2.45, 2.75) is 13.0 Å². The summed E-state index contributed by atoms with van der Waals surface area (Å²) in [5.41, 5.74) is 0.732. The van der Waals surface area contributed by atoms with Crippen LogP contribution in [0, 0.1) is 5.82 Å². The number of halogens is 1. The molecule has 2 amide bonds. The third-order valence-electron chi connectivity index (χ3n) is 4.99. The van der Waals surface area contributed by atoms with E-state index in [4.69, 9.17) is 9.47 Å². The van der Waals surface area contributed by atoms with Crippen LogP contribution in [0.5, 0.6) is 5.88 Å². The molecule has 1 aromatic carbocycles. The molecule has 1 atom stereocenters. The average Bonchev–Trinajstić information content (AvgIpc) is 3.35. The van der Waals surface area contributed by atoms with Crippen LogP contribution in [0.25, 0.3) is 0 Å². The van der Waals surface area contributed by atoms with Crippen molar-refractivity contribution in [3.05, 3.63) is 36.3 Å². The number of cyclic esters (lactones) is 1. The minimum Gasteiger partial charge on any atom is -0.471 e. The summed E-state index contributed by atoms with van der Waals surface area (Å²) in [6.45, 7) is 4.15. The lowest BCUT2D eigenvalue weighted by Crippen LogP contribution is -2.50. The minimum atomic E-state index is -0.572. The fourth-order valence-electron chi connectivity index (χ4n) is 3.44. The third kappa shape index (κ3) is 3.96. The van der Waals surface area contributed by atoms with E-state index in [9.17, 15) is 14.0 Å². The Labute approximate surface area is 166 Å². The summed E-state index contributed by atoms with van der Waals surface area (Å²) in [5, 5.41) is 3.62. The lowest BCUT2D eigenvalue weighted by Gasteiger charge is -2.35. The zero-order valence-corrected chi connectivity index (χ0v) is 15.9. The van der Waals surface area contributed by atoms with Crippen LogP contribution < -0.4 is 14.5 Å². The Kier molecular flexibility index (Phi) is 5.24. The van der Waals surface area contributed by atoms with Crippen LogP contribution in [-0.2, 0) is 9.53 Å². The van der Waals surface area contributed by atoms with Crippen molar-refractivity contribution in [3.8, 4) is 5.88 Å². The third-order valence-corrected chi connectivity index (χ3v) is 4.99. The number of ether oxygens (including phenoxy) is 2. The van der Waals surface area contributed by atoms with Gasteiger partial charge in [-0.05, 0) is 30.3 Å².